The van der Waals surface area contributed by atoms with Gasteiger partial charge in [-0.2, -0.15) is 22.0 Å². The van der Waals surface area contributed by atoms with Gasteiger partial charge in [0.05, 0.1) is 6.61 Å². The first-order valence-corrected chi connectivity index (χ1v) is 10.0. The fraction of sp³-hybridized carbons (Fsp3) is 0.450. The smallest absolute Gasteiger partial charge is 0.430 e. The highest BCUT2D eigenvalue weighted by Gasteiger charge is 2.59. The fourth-order valence-electron chi connectivity index (χ4n) is 3.30. The zero-order valence-corrected chi connectivity index (χ0v) is 18.0. The quantitative estimate of drug-likeness (QED) is 0.460. The molecule has 0 saturated carbocycles. The normalized spacial score (nSPS) is 13.4. The first-order chi connectivity index (χ1) is 15.9. The van der Waals surface area contributed by atoms with Crippen LogP contribution in [0.4, 0.5) is 26.3 Å². The Labute approximate surface area is 187 Å². The summed E-state index contributed by atoms with van der Waals surface area (Å²) in [6.07, 6.45) is -14.9. The van der Waals surface area contributed by atoms with E-state index in [-0.39, 0.29) is 42.2 Å². The summed E-state index contributed by atoms with van der Waals surface area (Å²) in [6, 6.07) is 4.23. The lowest BCUT2D eigenvalue weighted by Crippen LogP contribution is -2.45. The number of aryl methyl sites for hydroxylation is 1. The highest BCUT2D eigenvalue weighted by Crippen LogP contribution is 2.37. The van der Waals surface area contributed by atoms with Crippen LogP contribution < -0.4 is 16.0 Å². The van der Waals surface area contributed by atoms with Gasteiger partial charge >= 0.3 is 18.0 Å². The lowest BCUT2D eigenvalue weighted by Gasteiger charge is -2.23. The SMILES string of the molecule is CCCn1c(=O)[nH]c(=O)c2c1nc(-c1ccc(OC(F)(F)[C@@H](F)C(F)(F)F)cc1)n2CCOC. The van der Waals surface area contributed by atoms with Gasteiger partial charge in [0, 0.05) is 25.8 Å². The van der Waals surface area contributed by atoms with E-state index < -0.39 is 35.5 Å². The maximum atomic E-state index is 13.5. The van der Waals surface area contributed by atoms with Crippen molar-refractivity contribution in [2.75, 3.05) is 13.7 Å². The number of aromatic amines is 1. The van der Waals surface area contributed by atoms with E-state index in [0.717, 1.165) is 12.1 Å². The van der Waals surface area contributed by atoms with Crippen LogP contribution in [-0.4, -0.2) is 51.3 Å². The van der Waals surface area contributed by atoms with Crippen molar-refractivity contribution in [1.82, 2.24) is 19.1 Å². The molecule has 1 atom stereocenters. The molecule has 0 fully saturated rings. The molecule has 0 amide bonds. The molecular formula is C20H20F6N4O4. The molecule has 0 bridgehead atoms. The maximum Gasteiger partial charge on any atom is 0.439 e. The average Bonchev–Trinajstić information content (AvgIpc) is 3.14. The summed E-state index contributed by atoms with van der Waals surface area (Å²) < 4.78 is 88.9. The Kier molecular flexibility index (Phi) is 7.10. The van der Waals surface area contributed by atoms with Gasteiger partial charge in [0.1, 0.15) is 11.6 Å². The molecule has 1 aromatic carbocycles. The van der Waals surface area contributed by atoms with E-state index in [9.17, 15) is 35.9 Å². The third-order valence-electron chi connectivity index (χ3n) is 4.80. The lowest BCUT2D eigenvalue weighted by molar-refractivity contribution is -0.304. The summed E-state index contributed by atoms with van der Waals surface area (Å²) in [6.45, 7) is 2.38. The third kappa shape index (κ3) is 4.95. The second kappa shape index (κ2) is 9.52. The number of nitrogens with one attached hydrogen (secondary N) is 1. The Morgan fingerprint density at radius 2 is 1.71 bits per heavy atom. The molecule has 14 heteroatoms. The van der Waals surface area contributed by atoms with E-state index in [1.807, 2.05) is 6.92 Å². The number of fused-ring (bicyclic) bond motifs is 1. The Bertz CT molecular complexity index is 1260. The molecule has 2 aromatic heterocycles. The van der Waals surface area contributed by atoms with Crippen molar-refractivity contribution in [2.24, 2.45) is 0 Å². The molecule has 0 saturated heterocycles. The number of nitrogens with zero attached hydrogens (tertiary/aromatic N) is 3. The third-order valence-corrected chi connectivity index (χ3v) is 4.80. The molecule has 0 aliphatic heterocycles. The van der Waals surface area contributed by atoms with E-state index >= 15 is 0 Å². The number of ether oxygens (including phenoxy) is 2. The van der Waals surface area contributed by atoms with Gasteiger partial charge in [0.15, 0.2) is 11.2 Å². The Morgan fingerprint density at radius 1 is 1.06 bits per heavy atom. The minimum atomic E-state index is -5.81. The number of hydrogen-bond acceptors (Lipinski definition) is 5. The molecule has 3 aromatic rings. The Hall–Kier alpha value is -3.29. The number of aromatic nitrogens is 4. The molecule has 0 aliphatic rings. The first kappa shape index (κ1) is 25.3. The summed E-state index contributed by atoms with van der Waals surface area (Å²) in [4.78, 5) is 31.4. The number of halogens is 6. The van der Waals surface area contributed by atoms with Crippen molar-refractivity contribution in [1.29, 1.82) is 0 Å². The monoisotopic (exact) mass is 494 g/mol. The van der Waals surface area contributed by atoms with E-state index in [2.05, 4.69) is 14.7 Å². The minimum Gasteiger partial charge on any atom is -0.430 e. The molecule has 1 N–H and O–H groups in total. The minimum absolute atomic E-state index is 0.0809. The van der Waals surface area contributed by atoms with Crippen molar-refractivity contribution in [3.05, 3.63) is 45.1 Å². The Balaban J connectivity index is 2.06. The van der Waals surface area contributed by atoms with Crippen molar-refractivity contribution >= 4 is 11.2 Å². The van der Waals surface area contributed by atoms with Crippen LogP contribution in [0.1, 0.15) is 13.3 Å². The summed E-state index contributed by atoms with van der Waals surface area (Å²) in [5.74, 6) is -0.550. The topological polar surface area (TPSA) is 91.1 Å². The van der Waals surface area contributed by atoms with E-state index in [1.165, 1.54) is 28.4 Å². The van der Waals surface area contributed by atoms with Gasteiger partial charge in [-0.3, -0.25) is 14.3 Å². The van der Waals surface area contributed by atoms with Gasteiger partial charge < -0.3 is 14.0 Å². The number of methoxy groups -OCH3 is 1. The zero-order chi connectivity index (χ0) is 25.3. The number of benzene rings is 1. The highest BCUT2D eigenvalue weighted by atomic mass is 19.4. The first-order valence-electron chi connectivity index (χ1n) is 10.0. The maximum absolute atomic E-state index is 13.5. The van der Waals surface area contributed by atoms with Gasteiger partial charge in [-0.15, -0.1) is 0 Å². The van der Waals surface area contributed by atoms with Crippen LogP contribution in [-0.2, 0) is 17.8 Å². The van der Waals surface area contributed by atoms with Crippen molar-refractivity contribution in [2.45, 2.75) is 44.9 Å². The van der Waals surface area contributed by atoms with Crippen LogP contribution in [0.25, 0.3) is 22.6 Å². The summed E-state index contributed by atoms with van der Waals surface area (Å²) >= 11 is 0. The molecule has 186 valence electrons. The van der Waals surface area contributed by atoms with E-state index in [0.29, 0.717) is 6.42 Å². The molecule has 0 radical (unpaired) electrons. The zero-order valence-electron chi connectivity index (χ0n) is 18.0. The number of H-pyrrole nitrogens is 1. The predicted molar refractivity (Wildman–Crippen MR) is 109 cm³/mol. The molecule has 0 unspecified atom stereocenters. The standard InChI is InChI=1S/C20H20F6N4O4/c1-3-8-30-15-13(16(31)28-18(30)32)29(9-10-33-2)14(27-15)11-4-6-12(7-5-11)34-20(25,26)17(21)19(22,23)24/h4-7,17H,3,8-10H2,1-2H3,(H,28,31,32)/t17-/m0/s1. The summed E-state index contributed by atoms with van der Waals surface area (Å²) in [5, 5.41) is 0. The summed E-state index contributed by atoms with van der Waals surface area (Å²) in [7, 11) is 1.43. The largest absolute Gasteiger partial charge is 0.439 e. The predicted octanol–water partition coefficient (Wildman–Crippen LogP) is 3.48. The molecule has 3 rings (SSSR count). The fourth-order valence-corrected chi connectivity index (χ4v) is 3.30. The van der Waals surface area contributed by atoms with Crippen LogP contribution in [0.15, 0.2) is 33.9 Å². The van der Waals surface area contributed by atoms with Gasteiger partial charge in [0.25, 0.3) is 11.7 Å². The van der Waals surface area contributed by atoms with Crippen molar-refractivity contribution < 1.29 is 35.8 Å². The second-order valence-electron chi connectivity index (χ2n) is 7.26. The van der Waals surface area contributed by atoms with Crippen LogP contribution >= 0.6 is 0 Å². The van der Waals surface area contributed by atoms with Gasteiger partial charge in [-0.05, 0) is 30.7 Å². The van der Waals surface area contributed by atoms with E-state index in [1.54, 1.807) is 0 Å². The molecule has 2 heterocycles. The molecule has 0 spiro atoms. The van der Waals surface area contributed by atoms with Gasteiger partial charge in [-0.1, -0.05) is 6.92 Å². The van der Waals surface area contributed by atoms with Crippen LogP contribution in [0, 0.1) is 0 Å². The molecule has 0 aliphatic carbocycles. The molecule has 34 heavy (non-hydrogen) atoms. The average molecular weight is 494 g/mol. The molecule has 8 nitrogen and oxygen atoms in total. The number of alkyl halides is 6. The van der Waals surface area contributed by atoms with E-state index in [4.69, 9.17) is 4.74 Å². The Morgan fingerprint density at radius 3 is 2.26 bits per heavy atom. The second-order valence-corrected chi connectivity index (χ2v) is 7.26. The van der Waals surface area contributed by atoms with Crippen LogP contribution in [0.2, 0.25) is 0 Å². The number of hydrogen-bond donors (Lipinski definition) is 1. The summed E-state index contributed by atoms with van der Waals surface area (Å²) in [5.41, 5.74) is -0.899. The number of rotatable bonds is 9. The van der Waals surface area contributed by atoms with Gasteiger partial charge in [-0.25, -0.2) is 14.2 Å². The van der Waals surface area contributed by atoms with Crippen LogP contribution in [0.5, 0.6) is 5.75 Å². The number of imidazole rings is 1. The van der Waals surface area contributed by atoms with Crippen LogP contribution in [0.3, 0.4) is 0 Å². The van der Waals surface area contributed by atoms with Crippen molar-refractivity contribution in [3.8, 4) is 17.1 Å². The highest BCUT2D eigenvalue weighted by molar-refractivity contribution is 5.77. The van der Waals surface area contributed by atoms with Gasteiger partial charge in [0.2, 0.25) is 0 Å². The molecular weight excluding hydrogens is 474 g/mol. The lowest BCUT2D eigenvalue weighted by atomic mass is 10.2. The van der Waals surface area contributed by atoms with Crippen molar-refractivity contribution in [3.63, 3.8) is 0 Å².